The molecule has 6 heteroatoms. The van der Waals surface area contributed by atoms with E-state index in [1.807, 2.05) is 18.2 Å². The second-order valence-corrected chi connectivity index (χ2v) is 4.86. The molecule has 6 nitrogen and oxygen atoms in total. The summed E-state index contributed by atoms with van der Waals surface area (Å²) in [5, 5.41) is 11.2. The van der Waals surface area contributed by atoms with Crippen LogP contribution in [0.1, 0.15) is 25.0 Å². The Labute approximate surface area is 118 Å². The zero-order chi connectivity index (χ0) is 13.6. The van der Waals surface area contributed by atoms with Gasteiger partial charge in [0.15, 0.2) is 5.82 Å². The van der Waals surface area contributed by atoms with Crippen molar-refractivity contribution in [2.45, 2.75) is 25.8 Å². The van der Waals surface area contributed by atoms with Crippen molar-refractivity contribution in [3.05, 3.63) is 36.3 Å². The molecule has 1 aliphatic rings. The first-order valence-electron chi connectivity index (χ1n) is 7.00. The predicted molar refractivity (Wildman–Crippen MR) is 77.5 cm³/mol. The van der Waals surface area contributed by atoms with Gasteiger partial charge < -0.3 is 10.2 Å². The summed E-state index contributed by atoms with van der Waals surface area (Å²) in [5.74, 6) is 1.46. The fourth-order valence-electron chi connectivity index (χ4n) is 2.32. The largest absolute Gasteiger partial charge is 0.355 e. The van der Waals surface area contributed by atoms with Crippen molar-refractivity contribution in [2.24, 2.45) is 0 Å². The van der Waals surface area contributed by atoms with E-state index in [-0.39, 0.29) is 0 Å². The average Bonchev–Trinajstić information content (AvgIpc) is 2.55. The van der Waals surface area contributed by atoms with Crippen LogP contribution >= 0.6 is 0 Å². The maximum absolute atomic E-state index is 4.52. The second-order valence-electron chi connectivity index (χ2n) is 4.86. The van der Waals surface area contributed by atoms with Crippen molar-refractivity contribution in [1.82, 2.24) is 20.2 Å². The Kier molecular flexibility index (Phi) is 4.01. The summed E-state index contributed by atoms with van der Waals surface area (Å²) < 4.78 is 0. The summed E-state index contributed by atoms with van der Waals surface area (Å²) in [6, 6.07) is 5.83. The Balaban J connectivity index is 1.65. The molecule has 0 radical (unpaired) electrons. The highest BCUT2D eigenvalue weighted by Crippen LogP contribution is 2.17. The summed E-state index contributed by atoms with van der Waals surface area (Å²) in [5.41, 5.74) is 0.958. The Morgan fingerprint density at radius 3 is 2.85 bits per heavy atom. The van der Waals surface area contributed by atoms with Gasteiger partial charge in [0, 0.05) is 19.3 Å². The Morgan fingerprint density at radius 2 is 2.05 bits per heavy atom. The lowest BCUT2D eigenvalue weighted by Crippen LogP contribution is -2.30. The fourth-order valence-corrected chi connectivity index (χ4v) is 2.32. The molecule has 104 valence electrons. The van der Waals surface area contributed by atoms with Crippen LogP contribution in [0.3, 0.4) is 0 Å². The van der Waals surface area contributed by atoms with Crippen molar-refractivity contribution in [3.8, 4) is 0 Å². The third-order valence-corrected chi connectivity index (χ3v) is 3.38. The van der Waals surface area contributed by atoms with Crippen LogP contribution in [-0.4, -0.2) is 33.3 Å². The molecule has 2 aromatic rings. The molecule has 0 saturated carbocycles. The van der Waals surface area contributed by atoms with Gasteiger partial charge in [-0.1, -0.05) is 6.07 Å². The lowest BCUT2D eigenvalue weighted by Gasteiger charge is -2.27. The molecule has 0 aliphatic carbocycles. The highest BCUT2D eigenvalue weighted by Gasteiger charge is 2.13. The molecule has 0 unspecified atom stereocenters. The lowest BCUT2D eigenvalue weighted by atomic mass is 10.1. The maximum Gasteiger partial charge on any atom is 0.245 e. The van der Waals surface area contributed by atoms with Gasteiger partial charge in [-0.15, -0.1) is 5.10 Å². The van der Waals surface area contributed by atoms with E-state index in [0.717, 1.165) is 24.6 Å². The molecular formula is C14H18N6. The van der Waals surface area contributed by atoms with Crippen LogP contribution in [0.15, 0.2) is 30.6 Å². The molecule has 1 aliphatic heterocycles. The van der Waals surface area contributed by atoms with Crippen LogP contribution in [0.4, 0.5) is 11.8 Å². The minimum absolute atomic E-state index is 0.554. The number of piperidine rings is 1. The number of pyridine rings is 1. The predicted octanol–water partition coefficient (Wildman–Crippen LogP) is 1.87. The van der Waals surface area contributed by atoms with Gasteiger partial charge in [-0.3, -0.25) is 4.98 Å². The molecule has 20 heavy (non-hydrogen) atoms. The minimum Gasteiger partial charge on any atom is -0.355 e. The van der Waals surface area contributed by atoms with Gasteiger partial charge in [0.05, 0.1) is 18.4 Å². The fraction of sp³-hybridized carbons (Fsp3) is 0.429. The van der Waals surface area contributed by atoms with Gasteiger partial charge in [0.25, 0.3) is 0 Å². The van der Waals surface area contributed by atoms with E-state index < -0.39 is 0 Å². The monoisotopic (exact) mass is 270 g/mol. The van der Waals surface area contributed by atoms with E-state index in [1.165, 1.54) is 19.3 Å². The second kappa shape index (κ2) is 6.27. The minimum atomic E-state index is 0.554. The molecular weight excluding hydrogens is 252 g/mol. The van der Waals surface area contributed by atoms with Crippen LogP contribution in [0.25, 0.3) is 0 Å². The first kappa shape index (κ1) is 12.8. The molecule has 0 bridgehead atoms. The van der Waals surface area contributed by atoms with Crippen molar-refractivity contribution in [3.63, 3.8) is 0 Å². The number of anilines is 2. The topological polar surface area (TPSA) is 66.8 Å². The molecule has 3 rings (SSSR count). The third kappa shape index (κ3) is 3.20. The first-order valence-corrected chi connectivity index (χ1v) is 7.00. The molecule has 2 aromatic heterocycles. The van der Waals surface area contributed by atoms with Gasteiger partial charge in [-0.2, -0.15) is 10.1 Å². The van der Waals surface area contributed by atoms with Crippen LogP contribution in [-0.2, 0) is 6.54 Å². The Morgan fingerprint density at radius 1 is 1.15 bits per heavy atom. The molecule has 1 N–H and O–H groups in total. The molecule has 0 amide bonds. The molecule has 1 saturated heterocycles. The molecule has 1 fully saturated rings. The van der Waals surface area contributed by atoms with E-state index in [2.05, 4.69) is 30.4 Å². The number of rotatable bonds is 4. The maximum atomic E-state index is 4.52. The van der Waals surface area contributed by atoms with E-state index in [0.29, 0.717) is 12.5 Å². The Hall–Kier alpha value is -2.24. The zero-order valence-corrected chi connectivity index (χ0v) is 11.4. The van der Waals surface area contributed by atoms with Gasteiger partial charge >= 0.3 is 0 Å². The van der Waals surface area contributed by atoms with Crippen molar-refractivity contribution in [1.29, 1.82) is 0 Å². The molecule has 0 atom stereocenters. The third-order valence-electron chi connectivity index (χ3n) is 3.38. The van der Waals surface area contributed by atoms with E-state index in [4.69, 9.17) is 0 Å². The summed E-state index contributed by atoms with van der Waals surface area (Å²) in [6.45, 7) is 2.71. The highest BCUT2D eigenvalue weighted by atomic mass is 15.3. The van der Waals surface area contributed by atoms with Crippen LogP contribution in [0.5, 0.6) is 0 Å². The number of hydrogen-bond donors (Lipinski definition) is 1. The Bertz CT molecular complexity index is 538. The number of aromatic nitrogens is 4. The van der Waals surface area contributed by atoms with E-state index in [1.54, 1.807) is 12.4 Å². The quantitative estimate of drug-likeness (QED) is 0.915. The summed E-state index contributed by atoms with van der Waals surface area (Å²) >= 11 is 0. The molecule has 0 aromatic carbocycles. The number of nitrogens with one attached hydrogen (secondary N) is 1. The lowest BCUT2D eigenvalue weighted by molar-refractivity contribution is 0.572. The number of hydrogen-bond acceptors (Lipinski definition) is 6. The summed E-state index contributed by atoms with van der Waals surface area (Å²) in [7, 11) is 0. The van der Waals surface area contributed by atoms with Gasteiger partial charge in [-0.05, 0) is 31.4 Å². The van der Waals surface area contributed by atoms with Gasteiger partial charge in [-0.25, -0.2) is 0 Å². The SMILES string of the molecule is c1ccc(CNc2nncc(N3CCCCC3)n2)nc1. The summed E-state index contributed by atoms with van der Waals surface area (Å²) in [6.07, 6.45) is 7.26. The number of nitrogens with zero attached hydrogens (tertiary/aromatic N) is 5. The summed E-state index contributed by atoms with van der Waals surface area (Å²) in [4.78, 5) is 11.1. The normalized spacial score (nSPS) is 15.1. The molecule has 3 heterocycles. The van der Waals surface area contributed by atoms with Crippen LogP contribution in [0, 0.1) is 0 Å². The van der Waals surface area contributed by atoms with E-state index in [9.17, 15) is 0 Å². The van der Waals surface area contributed by atoms with E-state index >= 15 is 0 Å². The van der Waals surface area contributed by atoms with Gasteiger partial charge in [0.1, 0.15) is 0 Å². The standard InChI is InChI=1S/C14H18N6/c1-4-8-20(9-5-1)13-11-17-19-14(18-13)16-10-12-6-2-3-7-15-12/h2-3,6-7,11H,1,4-5,8-10H2,(H,16,18,19). The molecule has 0 spiro atoms. The van der Waals surface area contributed by atoms with Crippen molar-refractivity contribution in [2.75, 3.05) is 23.3 Å². The van der Waals surface area contributed by atoms with Gasteiger partial charge in [0.2, 0.25) is 5.95 Å². The zero-order valence-electron chi connectivity index (χ0n) is 11.4. The van der Waals surface area contributed by atoms with Crippen LogP contribution in [0.2, 0.25) is 0 Å². The highest BCUT2D eigenvalue weighted by molar-refractivity contribution is 5.40. The average molecular weight is 270 g/mol. The van der Waals surface area contributed by atoms with Crippen LogP contribution < -0.4 is 10.2 Å². The first-order chi connectivity index (χ1) is 9.92. The van der Waals surface area contributed by atoms with Crippen molar-refractivity contribution < 1.29 is 0 Å². The smallest absolute Gasteiger partial charge is 0.245 e. The van der Waals surface area contributed by atoms with Crippen molar-refractivity contribution >= 4 is 11.8 Å².